The lowest BCUT2D eigenvalue weighted by atomic mass is 10.0. The number of guanidine groups is 7. The molecule has 0 aromatic heterocycles. The van der Waals surface area contributed by atoms with Gasteiger partial charge in [-0.3, -0.25) is 78.1 Å². The van der Waals surface area contributed by atoms with Gasteiger partial charge in [0.15, 0.2) is 41.7 Å². The first-order chi connectivity index (χ1) is 46.9. The highest BCUT2D eigenvalue weighted by Crippen LogP contribution is 2.24. The zero-order valence-electron chi connectivity index (χ0n) is 56.1. The number of amides is 9. The summed E-state index contributed by atoms with van der Waals surface area (Å²) in [6.45, 7) is 0.681. The van der Waals surface area contributed by atoms with Crippen molar-refractivity contribution in [3.8, 4) is 0 Å². The van der Waals surface area contributed by atoms with Crippen molar-refractivity contribution in [3.63, 3.8) is 0 Å². The van der Waals surface area contributed by atoms with E-state index in [1.54, 1.807) is 0 Å². The fourth-order valence-electron chi connectivity index (χ4n) is 11.4. The Balaban J connectivity index is 1.98. The largest absolute Gasteiger partial charge is 0.480 e. The van der Waals surface area contributed by atoms with Crippen LogP contribution in [0.15, 0.2) is 34.9 Å². The Hall–Kier alpha value is -10.4. The fraction of sp³-hybridized carbons (Fsp3) is 0.702. The quantitative estimate of drug-likeness (QED) is 0.0153. The topological polar surface area (TPSA) is 750 Å². The van der Waals surface area contributed by atoms with Gasteiger partial charge in [0.1, 0.15) is 54.4 Å². The van der Waals surface area contributed by atoms with Crippen LogP contribution in [0.3, 0.4) is 0 Å². The molecule has 0 bridgehead atoms. The Kier molecular flexibility index (Phi) is 36.5. The van der Waals surface area contributed by atoms with Gasteiger partial charge in [-0.05, 0) is 128 Å². The third-order valence-electron chi connectivity index (χ3n) is 16.2. The average Bonchev–Trinajstić information content (AvgIpc) is 1.76. The van der Waals surface area contributed by atoms with Crippen molar-refractivity contribution < 1.29 is 53.1 Å². The molecule has 0 unspecified atom stereocenters. The molecule has 0 radical (unpaired) electrons. The van der Waals surface area contributed by atoms with E-state index in [2.05, 4.69) is 66.8 Å². The highest BCUT2D eigenvalue weighted by molar-refractivity contribution is 5.99. The van der Waals surface area contributed by atoms with Gasteiger partial charge in [0, 0.05) is 65.4 Å². The lowest BCUT2D eigenvalue weighted by molar-refractivity contribution is -0.144. The average molecular weight is 1400 g/mol. The fourth-order valence-corrected chi connectivity index (χ4v) is 11.4. The molecule has 3 saturated heterocycles. The predicted octanol–water partition coefficient (Wildman–Crippen LogP) is -10.3. The molecule has 0 aliphatic carbocycles. The Bertz CT molecular complexity index is 2920. The molecule has 42 heteroatoms. The van der Waals surface area contributed by atoms with Gasteiger partial charge in [-0.1, -0.05) is 0 Å². The lowest BCUT2D eigenvalue weighted by Gasteiger charge is -2.32. The van der Waals surface area contributed by atoms with Crippen LogP contribution in [0.2, 0.25) is 0 Å². The summed E-state index contributed by atoms with van der Waals surface area (Å²) in [5.41, 5.74) is 83.7. The van der Waals surface area contributed by atoms with E-state index in [0.29, 0.717) is 25.7 Å². The summed E-state index contributed by atoms with van der Waals surface area (Å²) in [4.78, 5) is 174. The monoisotopic (exact) mass is 1400 g/mol. The van der Waals surface area contributed by atoms with E-state index in [9.17, 15) is 53.1 Å². The summed E-state index contributed by atoms with van der Waals surface area (Å²) < 4.78 is 0. The number of rotatable bonds is 44. The van der Waals surface area contributed by atoms with E-state index in [-0.39, 0.29) is 210 Å². The predicted molar refractivity (Wildman–Crippen MR) is 371 cm³/mol. The molecule has 99 heavy (non-hydrogen) atoms. The van der Waals surface area contributed by atoms with Crippen molar-refractivity contribution >= 4 is 101 Å². The minimum absolute atomic E-state index is 0.00385. The Labute approximate surface area is 574 Å². The van der Waals surface area contributed by atoms with Crippen LogP contribution in [0.1, 0.15) is 128 Å². The van der Waals surface area contributed by atoms with Crippen molar-refractivity contribution in [3.05, 3.63) is 0 Å². The number of aliphatic imine (C=N–C) groups is 7. The molecular formula is C57H107N31O11. The third kappa shape index (κ3) is 30.7. The number of hydrogen-bond acceptors (Lipinski definition) is 18. The van der Waals surface area contributed by atoms with Crippen molar-refractivity contribution in [2.45, 2.75) is 189 Å². The molecule has 3 aliphatic rings. The summed E-state index contributed by atoms with van der Waals surface area (Å²) in [5, 5.41) is 26.2. The molecule has 37 N–H and O–H groups in total. The molecular weight excluding hydrogens is 1290 g/mol. The number of carbonyl (C=O) groups is 10. The Morgan fingerprint density at radius 1 is 0.323 bits per heavy atom. The van der Waals surface area contributed by atoms with Gasteiger partial charge in [0.05, 0.1) is 6.04 Å². The lowest BCUT2D eigenvalue weighted by Crippen LogP contribution is -2.60. The first-order valence-electron chi connectivity index (χ1n) is 33.0. The maximum Gasteiger partial charge on any atom is 0.326 e. The molecule has 0 aromatic carbocycles. The molecule has 3 fully saturated rings. The maximum absolute atomic E-state index is 15.0. The molecule has 3 heterocycles. The van der Waals surface area contributed by atoms with Gasteiger partial charge in [-0.2, -0.15) is 0 Å². The number of carboxylic acids is 1. The smallest absolute Gasteiger partial charge is 0.326 e. The van der Waals surface area contributed by atoms with Crippen LogP contribution in [-0.4, -0.2) is 247 Å². The SMILES string of the molecule is NC(N)=NCCC[C@H](NC(=O)[C@H](CCCN=C(N)N)NC(=O)[C@@H]1CCCN1C(=O)[C@H](CCCN=C(N)N)NC(=O)[C@H](CCCN=C(N)N)NC(=O)[C@@H]1CCCN1C(=O)[C@H](CCCN=C(N)N)NC(=O)[C@H](CCCN=C(N)N)NC(=O)[C@@H]1CCCN1C(=O)[C@@H](N)CCCN=C(N)N)C(=O)O. The van der Waals surface area contributed by atoms with Crippen LogP contribution >= 0.6 is 0 Å². The van der Waals surface area contributed by atoms with Crippen molar-refractivity contribution in [1.29, 1.82) is 0 Å². The summed E-state index contributed by atoms with van der Waals surface area (Å²) in [7, 11) is 0. The number of likely N-dealkylation sites (tertiary alicyclic amines) is 3. The molecule has 0 aromatic rings. The van der Waals surface area contributed by atoms with Crippen molar-refractivity contribution in [2.75, 3.05) is 65.4 Å². The van der Waals surface area contributed by atoms with Gasteiger partial charge in [0.25, 0.3) is 0 Å². The van der Waals surface area contributed by atoms with E-state index in [4.69, 9.17) is 86.0 Å². The van der Waals surface area contributed by atoms with Crippen LogP contribution in [0, 0.1) is 0 Å². The standard InChI is InChI=1S/C57H107N31O11/c58-31(11-1-21-73-51(59)60)47(95)86-28-8-18-38(86)44(92)80-32(12-2-22-74-52(61)62)41(89)83-35(15-5-25-77-55(67)68)48(96)87-29-9-19-39(87)45(93)81-33(13-3-23-75-53(63)64)42(90)84-36(16-6-26-78-56(69)70)49(97)88-30-10-20-40(88)46(94)82-34(14-4-24-76-54(65)66)43(91)85-37(50(98)99)17-7-27-79-57(71)72/h31-40H,1-30,58H2,(H,80,92)(H,81,93)(H,82,94)(H,83,89)(H,84,90)(H,85,91)(H,98,99)(H4,59,60,73)(H4,61,62,74)(H4,63,64,75)(H4,65,66,76)(H4,67,68,77)(H4,69,70,78)(H4,71,72,79)/t31-,32-,33-,34-,35-,36-,37-,38-,39-,40-/m0/s1. The first kappa shape index (κ1) is 82.8. The number of carboxylic acid groups (broad SMARTS) is 1. The van der Waals surface area contributed by atoms with Crippen LogP contribution in [0.4, 0.5) is 0 Å². The Morgan fingerprint density at radius 3 is 0.798 bits per heavy atom. The number of carbonyl (C=O) groups excluding carboxylic acids is 9. The van der Waals surface area contributed by atoms with Gasteiger partial charge in [-0.15, -0.1) is 0 Å². The van der Waals surface area contributed by atoms with E-state index in [1.165, 1.54) is 14.7 Å². The second-order valence-electron chi connectivity index (χ2n) is 24.0. The summed E-state index contributed by atoms with van der Waals surface area (Å²) in [6.07, 6.45) is 2.49. The van der Waals surface area contributed by atoms with Crippen LogP contribution < -0.4 is 118 Å². The summed E-state index contributed by atoms with van der Waals surface area (Å²) in [6, 6.07) is -12.7. The minimum atomic E-state index is -1.43. The molecule has 3 aliphatic heterocycles. The first-order valence-corrected chi connectivity index (χ1v) is 33.0. The van der Waals surface area contributed by atoms with E-state index in [1.807, 2.05) is 0 Å². The van der Waals surface area contributed by atoms with E-state index < -0.39 is 120 Å². The second-order valence-corrected chi connectivity index (χ2v) is 24.0. The molecule has 556 valence electrons. The number of aliphatic carboxylic acids is 1. The zero-order chi connectivity index (χ0) is 73.7. The zero-order valence-corrected chi connectivity index (χ0v) is 56.1. The van der Waals surface area contributed by atoms with Crippen molar-refractivity contribution in [2.24, 2.45) is 121 Å². The summed E-state index contributed by atoms with van der Waals surface area (Å²) >= 11 is 0. The van der Waals surface area contributed by atoms with Crippen molar-refractivity contribution in [1.82, 2.24) is 46.6 Å². The highest BCUT2D eigenvalue weighted by atomic mass is 16.4. The third-order valence-corrected chi connectivity index (χ3v) is 16.2. The molecule has 0 spiro atoms. The van der Waals surface area contributed by atoms with Gasteiger partial charge in [0.2, 0.25) is 53.2 Å². The van der Waals surface area contributed by atoms with Gasteiger partial charge in [-0.25, -0.2) is 4.79 Å². The number of nitrogens with two attached hydrogens (primary N) is 15. The summed E-state index contributed by atoms with van der Waals surface area (Å²) in [5.74, 6) is -9.52. The van der Waals surface area contributed by atoms with Gasteiger partial charge >= 0.3 is 5.97 Å². The van der Waals surface area contributed by atoms with E-state index >= 15 is 0 Å². The van der Waals surface area contributed by atoms with Crippen LogP contribution in [0.5, 0.6) is 0 Å². The van der Waals surface area contributed by atoms with E-state index in [0.717, 1.165) is 0 Å². The highest BCUT2D eigenvalue weighted by Gasteiger charge is 2.43. The van der Waals surface area contributed by atoms with Crippen LogP contribution in [-0.2, 0) is 47.9 Å². The minimum Gasteiger partial charge on any atom is -0.480 e. The second kappa shape index (κ2) is 43.7. The Morgan fingerprint density at radius 2 is 0.545 bits per heavy atom. The molecule has 9 amide bonds. The maximum atomic E-state index is 15.0. The molecule has 3 rings (SSSR count). The van der Waals surface area contributed by atoms with Gasteiger partial charge < -0.3 is 138 Å². The molecule has 42 nitrogen and oxygen atoms in total. The number of hydrogen-bond donors (Lipinski definition) is 22. The number of nitrogens with one attached hydrogen (secondary N) is 6. The normalized spacial score (nSPS) is 17.6. The van der Waals surface area contributed by atoms with Crippen LogP contribution in [0.25, 0.3) is 0 Å². The molecule has 10 atom stereocenters. The number of nitrogens with zero attached hydrogens (tertiary/aromatic N) is 10. The molecule has 0 saturated carbocycles.